The van der Waals surface area contributed by atoms with Crippen LogP contribution in [0.4, 0.5) is 0 Å². The van der Waals surface area contributed by atoms with Crippen LogP contribution in [0, 0.1) is 11.8 Å². The highest BCUT2D eigenvalue weighted by molar-refractivity contribution is 8.05. The molecular formula is C15H12ClNS2. The van der Waals surface area contributed by atoms with Crippen molar-refractivity contribution in [2.45, 2.75) is 18.2 Å². The summed E-state index contributed by atoms with van der Waals surface area (Å²) in [6.45, 7) is 2.73. The van der Waals surface area contributed by atoms with E-state index in [1.54, 1.807) is 23.1 Å². The van der Waals surface area contributed by atoms with Gasteiger partial charge in [-0.25, -0.2) is 0 Å². The Morgan fingerprint density at radius 1 is 1.47 bits per heavy atom. The van der Waals surface area contributed by atoms with Crippen molar-refractivity contribution >= 4 is 34.7 Å². The molecule has 1 unspecified atom stereocenters. The van der Waals surface area contributed by atoms with Gasteiger partial charge in [0.1, 0.15) is 4.71 Å². The third kappa shape index (κ3) is 2.49. The molecule has 0 amide bonds. The topological polar surface area (TPSA) is 3.24 Å². The summed E-state index contributed by atoms with van der Waals surface area (Å²) in [5.74, 6) is 6.14. The second kappa shape index (κ2) is 5.50. The van der Waals surface area contributed by atoms with E-state index in [2.05, 4.69) is 52.6 Å². The van der Waals surface area contributed by atoms with Crippen molar-refractivity contribution in [1.29, 1.82) is 0 Å². The second-order valence-electron chi connectivity index (χ2n) is 4.15. The van der Waals surface area contributed by atoms with Gasteiger partial charge >= 0.3 is 0 Å². The number of alkyl halides is 1. The number of hydrogen-bond acceptors (Lipinski definition) is 3. The van der Waals surface area contributed by atoms with Crippen LogP contribution in [0.2, 0.25) is 0 Å². The molecule has 0 fully saturated rings. The Bertz CT molecular complexity index is 629. The fourth-order valence-electron chi connectivity index (χ4n) is 2.14. The molecule has 1 nitrogen and oxygen atoms in total. The smallest absolute Gasteiger partial charge is 0.118 e. The SMILES string of the molecule is CC#CC1=C2C(=CC=CN2Cc2cccs2)SC1Cl. The number of thioether (sulfide) groups is 1. The van der Waals surface area contributed by atoms with Gasteiger partial charge in [0, 0.05) is 16.0 Å². The summed E-state index contributed by atoms with van der Waals surface area (Å²) >= 11 is 9.84. The van der Waals surface area contributed by atoms with Gasteiger partial charge in [-0.2, -0.15) is 0 Å². The molecule has 1 atom stereocenters. The van der Waals surface area contributed by atoms with E-state index in [1.165, 1.54) is 15.5 Å². The summed E-state index contributed by atoms with van der Waals surface area (Å²) in [6, 6.07) is 4.24. The quantitative estimate of drug-likeness (QED) is 0.582. The molecule has 2 aliphatic heterocycles. The van der Waals surface area contributed by atoms with E-state index in [-0.39, 0.29) is 4.71 Å². The zero-order chi connectivity index (χ0) is 13.2. The molecule has 0 spiro atoms. The average molecular weight is 306 g/mol. The summed E-state index contributed by atoms with van der Waals surface area (Å²) in [6.07, 6.45) is 6.29. The van der Waals surface area contributed by atoms with E-state index in [0.717, 1.165) is 12.1 Å². The zero-order valence-electron chi connectivity index (χ0n) is 10.4. The van der Waals surface area contributed by atoms with E-state index in [4.69, 9.17) is 11.6 Å². The number of halogens is 1. The molecule has 19 heavy (non-hydrogen) atoms. The third-order valence-corrected chi connectivity index (χ3v) is 5.29. The maximum Gasteiger partial charge on any atom is 0.118 e. The van der Waals surface area contributed by atoms with Crippen molar-refractivity contribution in [1.82, 2.24) is 4.90 Å². The third-order valence-electron chi connectivity index (χ3n) is 2.91. The van der Waals surface area contributed by atoms with E-state index in [0.29, 0.717) is 0 Å². The molecule has 3 rings (SSSR count). The first-order chi connectivity index (χ1) is 9.29. The number of rotatable bonds is 2. The molecule has 96 valence electrons. The molecular weight excluding hydrogens is 294 g/mol. The lowest BCUT2D eigenvalue weighted by Crippen LogP contribution is -2.18. The molecule has 0 N–H and O–H groups in total. The van der Waals surface area contributed by atoms with Crippen LogP contribution in [-0.4, -0.2) is 9.61 Å². The van der Waals surface area contributed by atoms with Gasteiger partial charge in [-0.05, 0) is 30.5 Å². The summed E-state index contributed by atoms with van der Waals surface area (Å²) in [4.78, 5) is 4.80. The molecule has 1 aromatic heterocycles. The minimum atomic E-state index is -0.0700. The van der Waals surface area contributed by atoms with Crippen LogP contribution in [0.3, 0.4) is 0 Å². The Balaban J connectivity index is 1.98. The first-order valence-electron chi connectivity index (χ1n) is 5.95. The van der Waals surface area contributed by atoms with E-state index >= 15 is 0 Å². The number of hydrogen-bond donors (Lipinski definition) is 0. The molecule has 0 saturated carbocycles. The van der Waals surface area contributed by atoms with Crippen molar-refractivity contribution in [2.75, 3.05) is 0 Å². The monoisotopic (exact) mass is 305 g/mol. The highest BCUT2D eigenvalue weighted by Gasteiger charge is 2.32. The van der Waals surface area contributed by atoms with E-state index < -0.39 is 0 Å². The Kier molecular flexibility index (Phi) is 3.74. The number of thiophene rings is 1. The van der Waals surface area contributed by atoms with Crippen molar-refractivity contribution in [3.63, 3.8) is 0 Å². The number of nitrogens with zero attached hydrogens (tertiary/aromatic N) is 1. The van der Waals surface area contributed by atoms with Crippen LogP contribution in [0.5, 0.6) is 0 Å². The maximum absolute atomic E-state index is 6.39. The van der Waals surface area contributed by atoms with E-state index in [1.807, 2.05) is 6.92 Å². The molecule has 0 radical (unpaired) electrons. The van der Waals surface area contributed by atoms with Gasteiger partial charge in [-0.1, -0.05) is 23.7 Å². The van der Waals surface area contributed by atoms with Gasteiger partial charge in [0.05, 0.1) is 17.8 Å². The van der Waals surface area contributed by atoms with Crippen LogP contribution in [-0.2, 0) is 6.54 Å². The lowest BCUT2D eigenvalue weighted by atomic mass is 10.1. The zero-order valence-corrected chi connectivity index (χ0v) is 12.8. The highest BCUT2D eigenvalue weighted by atomic mass is 35.5. The average Bonchev–Trinajstić information content (AvgIpc) is 2.99. The first-order valence-corrected chi connectivity index (χ1v) is 8.14. The largest absolute Gasteiger partial charge is 0.341 e. The Labute approximate surface area is 126 Å². The van der Waals surface area contributed by atoms with Gasteiger partial charge in [-0.3, -0.25) is 0 Å². The van der Waals surface area contributed by atoms with Crippen LogP contribution >= 0.6 is 34.7 Å². The first kappa shape index (κ1) is 12.9. The van der Waals surface area contributed by atoms with Gasteiger partial charge in [0.2, 0.25) is 0 Å². The lowest BCUT2D eigenvalue weighted by Gasteiger charge is -2.24. The number of allylic oxidation sites excluding steroid dienone is 2. The standard InChI is InChI=1S/C15H12ClNS2/c1-2-5-12-14-13(19-15(12)16)7-3-8-17(14)10-11-6-4-9-18-11/h3-4,6-9,15H,10H2,1H3. The summed E-state index contributed by atoms with van der Waals surface area (Å²) in [5.41, 5.74) is 2.21. The van der Waals surface area contributed by atoms with Crippen molar-refractivity contribution < 1.29 is 0 Å². The summed E-state index contributed by atoms with van der Waals surface area (Å²) in [5, 5.41) is 2.11. The lowest BCUT2D eigenvalue weighted by molar-refractivity contribution is 0.470. The van der Waals surface area contributed by atoms with Crippen molar-refractivity contribution in [3.8, 4) is 11.8 Å². The molecule has 0 aromatic carbocycles. The number of fused-ring (bicyclic) bond motifs is 1. The van der Waals surface area contributed by atoms with Crippen LogP contribution in [0.1, 0.15) is 11.8 Å². The molecule has 2 aliphatic rings. The minimum Gasteiger partial charge on any atom is -0.341 e. The summed E-state index contributed by atoms with van der Waals surface area (Å²) in [7, 11) is 0. The molecule has 1 aromatic rings. The van der Waals surface area contributed by atoms with Crippen molar-refractivity contribution in [3.05, 3.63) is 56.9 Å². The molecule has 0 bridgehead atoms. The molecule has 0 saturated heterocycles. The second-order valence-corrected chi connectivity index (χ2v) is 7.03. The highest BCUT2D eigenvalue weighted by Crippen LogP contribution is 2.47. The molecule has 4 heteroatoms. The molecule has 3 heterocycles. The van der Waals surface area contributed by atoms with Gasteiger partial charge in [0.25, 0.3) is 0 Å². The van der Waals surface area contributed by atoms with Crippen molar-refractivity contribution in [2.24, 2.45) is 0 Å². The van der Waals surface area contributed by atoms with Gasteiger partial charge in [-0.15, -0.1) is 28.9 Å². The Morgan fingerprint density at radius 3 is 3.11 bits per heavy atom. The Hall–Kier alpha value is -1.08. The minimum absolute atomic E-state index is 0.0700. The normalized spacial score (nSPS) is 21.1. The predicted octanol–water partition coefficient (Wildman–Crippen LogP) is 4.55. The fraction of sp³-hybridized carbons (Fsp3) is 0.200. The van der Waals surface area contributed by atoms with E-state index in [9.17, 15) is 0 Å². The predicted molar refractivity (Wildman–Crippen MR) is 84.8 cm³/mol. The van der Waals surface area contributed by atoms with Gasteiger partial charge in [0.15, 0.2) is 0 Å². The fourth-order valence-corrected chi connectivity index (χ4v) is 4.30. The van der Waals surface area contributed by atoms with Crippen LogP contribution < -0.4 is 0 Å². The van der Waals surface area contributed by atoms with Crippen LogP contribution in [0.15, 0.2) is 52.0 Å². The van der Waals surface area contributed by atoms with Crippen LogP contribution in [0.25, 0.3) is 0 Å². The van der Waals surface area contributed by atoms with Gasteiger partial charge < -0.3 is 4.90 Å². The molecule has 0 aliphatic carbocycles. The summed E-state index contributed by atoms with van der Waals surface area (Å²) < 4.78 is -0.0700. The Morgan fingerprint density at radius 2 is 2.37 bits per heavy atom. The maximum atomic E-state index is 6.39.